The van der Waals surface area contributed by atoms with Gasteiger partial charge in [0.2, 0.25) is 0 Å². The van der Waals surface area contributed by atoms with E-state index in [-0.39, 0.29) is 25.3 Å². The monoisotopic (exact) mass is 509 g/mol. The molecule has 140 valence electrons. The highest BCUT2D eigenvalue weighted by molar-refractivity contribution is 14.1. The van der Waals surface area contributed by atoms with Crippen molar-refractivity contribution in [2.75, 3.05) is 7.11 Å². The van der Waals surface area contributed by atoms with Crippen molar-refractivity contribution in [3.8, 4) is 0 Å². The Labute approximate surface area is 168 Å². The van der Waals surface area contributed by atoms with E-state index >= 15 is 0 Å². The van der Waals surface area contributed by atoms with Crippen LogP contribution < -0.4 is 0 Å². The number of ether oxygens (including phenoxy) is 1. The third-order valence-electron chi connectivity index (χ3n) is 3.63. The first kappa shape index (κ1) is 19.5. The van der Waals surface area contributed by atoms with Crippen molar-refractivity contribution in [3.63, 3.8) is 0 Å². The number of halogens is 5. The molecule has 0 aliphatic carbocycles. The molecule has 0 amide bonds. The summed E-state index contributed by atoms with van der Waals surface area (Å²) in [6, 6.07) is 4.31. The number of nitrogens with zero attached hydrogens (tertiary/aromatic N) is 3. The largest absolute Gasteiger partial charge is 0.465 e. The first-order valence-corrected chi connectivity index (χ1v) is 8.63. The third kappa shape index (κ3) is 3.50. The van der Waals surface area contributed by atoms with E-state index in [9.17, 15) is 22.8 Å². The van der Waals surface area contributed by atoms with Crippen molar-refractivity contribution in [1.29, 1.82) is 0 Å². The van der Waals surface area contributed by atoms with Gasteiger partial charge in [-0.1, -0.05) is 17.7 Å². The van der Waals surface area contributed by atoms with Gasteiger partial charge >= 0.3 is 12.1 Å². The van der Waals surface area contributed by atoms with E-state index in [1.807, 2.05) is 0 Å². The molecular formula is C16H8ClF3IN3O3. The number of pyridine rings is 1. The Morgan fingerprint density at radius 2 is 2.00 bits per heavy atom. The molecular weight excluding hydrogens is 502 g/mol. The number of rotatable bonds is 2. The summed E-state index contributed by atoms with van der Waals surface area (Å²) in [6.07, 6.45) is -3.56. The minimum atomic E-state index is -4.79. The number of hydrogen-bond donors (Lipinski definition) is 0. The van der Waals surface area contributed by atoms with Gasteiger partial charge in [-0.25, -0.2) is 4.79 Å². The summed E-state index contributed by atoms with van der Waals surface area (Å²) < 4.78 is 45.6. The Hall–Kier alpha value is -2.21. The van der Waals surface area contributed by atoms with Gasteiger partial charge in [0.05, 0.1) is 34.3 Å². The molecule has 0 saturated carbocycles. The lowest BCUT2D eigenvalue weighted by atomic mass is 10.1. The Balaban J connectivity index is 2.25. The van der Waals surface area contributed by atoms with Crippen molar-refractivity contribution < 1.29 is 27.5 Å². The van der Waals surface area contributed by atoms with Gasteiger partial charge in [-0.2, -0.15) is 23.0 Å². The fourth-order valence-corrected chi connectivity index (χ4v) is 3.32. The number of hydrogen-bond acceptors (Lipinski definition) is 5. The fraction of sp³-hybridized carbons (Fsp3) is 0.125. The molecule has 0 radical (unpaired) electrons. The highest BCUT2D eigenvalue weighted by atomic mass is 127. The molecule has 0 spiro atoms. The number of alkyl halides is 3. The SMILES string of the molecule is COC(=O)c1cnc2c(I)nn(C(=O)c3c(Cl)cccc3C(F)(F)F)c2c1. The minimum Gasteiger partial charge on any atom is -0.465 e. The van der Waals surface area contributed by atoms with E-state index < -0.39 is 29.2 Å². The van der Waals surface area contributed by atoms with Crippen molar-refractivity contribution >= 4 is 57.1 Å². The van der Waals surface area contributed by atoms with Crippen molar-refractivity contribution in [2.24, 2.45) is 0 Å². The van der Waals surface area contributed by atoms with Crippen LogP contribution >= 0.6 is 34.2 Å². The van der Waals surface area contributed by atoms with Crippen LogP contribution in [0, 0.1) is 3.70 Å². The van der Waals surface area contributed by atoms with E-state index in [0.29, 0.717) is 0 Å². The van der Waals surface area contributed by atoms with Gasteiger partial charge in [0.25, 0.3) is 5.91 Å². The summed E-state index contributed by atoms with van der Waals surface area (Å²) in [5.74, 6) is -1.81. The van der Waals surface area contributed by atoms with E-state index in [0.717, 1.165) is 23.9 Å². The first-order chi connectivity index (χ1) is 12.6. The number of carbonyl (C=O) groups is 2. The van der Waals surface area contributed by atoms with Crippen LogP contribution in [-0.4, -0.2) is 33.8 Å². The molecule has 2 heterocycles. The van der Waals surface area contributed by atoms with Gasteiger partial charge in [-0.05, 0) is 40.8 Å². The van der Waals surface area contributed by atoms with Crippen molar-refractivity contribution in [2.45, 2.75) is 6.18 Å². The molecule has 27 heavy (non-hydrogen) atoms. The van der Waals surface area contributed by atoms with Crippen LogP contribution in [0.5, 0.6) is 0 Å². The predicted octanol–water partition coefficient (Wildman–Crippen LogP) is 4.18. The summed E-state index contributed by atoms with van der Waals surface area (Å²) in [5, 5.41) is 3.60. The highest BCUT2D eigenvalue weighted by Crippen LogP contribution is 2.36. The summed E-state index contributed by atoms with van der Waals surface area (Å²) >= 11 is 7.67. The lowest BCUT2D eigenvalue weighted by molar-refractivity contribution is -0.137. The molecule has 0 atom stereocenters. The molecule has 0 aliphatic heterocycles. The number of carbonyl (C=O) groups excluding carboxylic acids is 2. The zero-order valence-corrected chi connectivity index (χ0v) is 16.3. The van der Waals surface area contributed by atoms with E-state index in [4.69, 9.17) is 11.6 Å². The maximum absolute atomic E-state index is 13.3. The van der Waals surface area contributed by atoms with E-state index in [2.05, 4.69) is 14.8 Å². The van der Waals surface area contributed by atoms with Gasteiger partial charge in [0.1, 0.15) is 9.22 Å². The van der Waals surface area contributed by atoms with Crippen LogP contribution in [0.25, 0.3) is 11.0 Å². The quantitative estimate of drug-likeness (QED) is 0.383. The second-order valence-electron chi connectivity index (χ2n) is 5.25. The van der Waals surface area contributed by atoms with Crippen LogP contribution in [0.2, 0.25) is 5.02 Å². The zero-order chi connectivity index (χ0) is 19.9. The molecule has 3 aromatic rings. The van der Waals surface area contributed by atoms with Crippen molar-refractivity contribution in [1.82, 2.24) is 14.8 Å². The highest BCUT2D eigenvalue weighted by Gasteiger charge is 2.37. The molecule has 0 aliphatic rings. The van der Waals surface area contributed by atoms with Gasteiger partial charge < -0.3 is 4.74 Å². The van der Waals surface area contributed by atoms with Gasteiger partial charge in [0, 0.05) is 6.20 Å². The molecule has 0 fully saturated rings. The standard InChI is InChI=1S/C16H8ClF3IN3O3/c1-27-15(26)7-5-10-12(22-6-7)13(21)23-24(10)14(25)11-8(16(18,19)20)3-2-4-9(11)17/h2-6H,1H3. The van der Waals surface area contributed by atoms with Gasteiger partial charge in [0.15, 0.2) is 0 Å². The summed E-state index contributed by atoms with van der Waals surface area (Å²) in [7, 11) is 1.16. The van der Waals surface area contributed by atoms with Gasteiger partial charge in [-0.15, -0.1) is 0 Å². The van der Waals surface area contributed by atoms with E-state index in [1.54, 1.807) is 22.6 Å². The molecule has 0 saturated heterocycles. The number of benzene rings is 1. The molecule has 6 nitrogen and oxygen atoms in total. The summed E-state index contributed by atoms with van der Waals surface area (Å²) in [4.78, 5) is 28.6. The molecule has 0 unspecified atom stereocenters. The fourth-order valence-electron chi connectivity index (χ4n) is 2.43. The zero-order valence-electron chi connectivity index (χ0n) is 13.3. The van der Waals surface area contributed by atoms with Crippen LogP contribution in [0.15, 0.2) is 30.5 Å². The topological polar surface area (TPSA) is 74.1 Å². The van der Waals surface area contributed by atoms with Crippen LogP contribution in [-0.2, 0) is 10.9 Å². The Kier molecular flexibility index (Phi) is 5.12. The minimum absolute atomic E-state index is 0.0190. The van der Waals surface area contributed by atoms with Crippen LogP contribution in [0.3, 0.4) is 0 Å². The summed E-state index contributed by atoms with van der Waals surface area (Å²) in [6.45, 7) is 0. The van der Waals surface area contributed by atoms with Crippen LogP contribution in [0.4, 0.5) is 13.2 Å². The molecule has 0 bridgehead atoms. The Morgan fingerprint density at radius 3 is 2.63 bits per heavy atom. The normalized spacial score (nSPS) is 11.6. The molecule has 3 rings (SSSR count). The predicted molar refractivity (Wildman–Crippen MR) is 97.8 cm³/mol. The number of esters is 1. The maximum atomic E-state index is 13.3. The Bertz CT molecular complexity index is 1080. The second-order valence-corrected chi connectivity index (χ2v) is 6.68. The number of methoxy groups -OCH3 is 1. The van der Waals surface area contributed by atoms with E-state index in [1.165, 1.54) is 18.3 Å². The average Bonchev–Trinajstić information content (AvgIpc) is 2.95. The molecule has 11 heteroatoms. The lowest BCUT2D eigenvalue weighted by Crippen LogP contribution is -2.20. The maximum Gasteiger partial charge on any atom is 0.417 e. The lowest BCUT2D eigenvalue weighted by Gasteiger charge is -2.13. The molecule has 1 aromatic carbocycles. The average molecular weight is 510 g/mol. The molecule has 2 aromatic heterocycles. The summed E-state index contributed by atoms with van der Waals surface area (Å²) in [5.41, 5.74) is -1.60. The van der Waals surface area contributed by atoms with Gasteiger partial charge in [-0.3, -0.25) is 9.78 Å². The smallest absolute Gasteiger partial charge is 0.417 e. The second kappa shape index (κ2) is 7.08. The molecule has 0 N–H and O–H groups in total. The third-order valence-corrected chi connectivity index (χ3v) is 4.67. The first-order valence-electron chi connectivity index (χ1n) is 7.18. The van der Waals surface area contributed by atoms with Crippen LogP contribution in [0.1, 0.15) is 26.3 Å². The van der Waals surface area contributed by atoms with Crippen molar-refractivity contribution in [3.05, 3.63) is 55.9 Å². The Morgan fingerprint density at radius 1 is 1.30 bits per heavy atom. The number of fused-ring (bicyclic) bond motifs is 1. The number of aromatic nitrogens is 3.